The van der Waals surface area contributed by atoms with Crippen molar-refractivity contribution in [1.29, 1.82) is 0 Å². The molecule has 1 aromatic heterocycles. The highest BCUT2D eigenvalue weighted by Gasteiger charge is 2.21. The van der Waals surface area contributed by atoms with Crippen LogP contribution in [0.25, 0.3) is 10.9 Å². The number of fused-ring (bicyclic) bond motifs is 1. The van der Waals surface area contributed by atoms with Crippen LogP contribution in [-0.2, 0) is 0 Å². The molecule has 0 aliphatic heterocycles. The highest BCUT2D eigenvalue weighted by Crippen LogP contribution is 2.25. The third-order valence-corrected chi connectivity index (χ3v) is 3.79. The normalized spacial score (nSPS) is 14.0. The maximum atomic E-state index is 6.32. The zero-order chi connectivity index (χ0) is 15.1. The second-order valence-electron chi connectivity index (χ2n) is 5.35. The summed E-state index contributed by atoms with van der Waals surface area (Å²) >= 11 is 0. The molecule has 2 aromatic rings. The van der Waals surface area contributed by atoms with Gasteiger partial charge in [0.1, 0.15) is 17.4 Å². The Balaban J connectivity index is 2.23. The highest BCUT2D eigenvalue weighted by atomic mass is 16.5. The largest absolute Gasteiger partial charge is 0.487 e. The molecule has 0 amide bonds. The molecule has 2 atom stereocenters. The van der Waals surface area contributed by atoms with Gasteiger partial charge in [0.25, 0.3) is 0 Å². The standard InChI is InChI=1S/C18H26N2O/c1-4-9-15(19-6-3)16(5-2)21-17-12-7-10-14-11-8-13-20-18(14)17/h7-8,10-13,15-16,19H,4-6,9H2,1-3H3. The number of benzene rings is 1. The summed E-state index contributed by atoms with van der Waals surface area (Å²) in [5.41, 5.74) is 0.949. The van der Waals surface area contributed by atoms with Gasteiger partial charge in [-0.1, -0.05) is 45.4 Å². The second kappa shape index (κ2) is 7.99. The molecular weight excluding hydrogens is 260 g/mol. The molecule has 0 bridgehead atoms. The van der Waals surface area contributed by atoms with Crippen LogP contribution in [-0.4, -0.2) is 23.7 Å². The van der Waals surface area contributed by atoms with E-state index in [2.05, 4.69) is 43.2 Å². The van der Waals surface area contributed by atoms with E-state index in [1.54, 1.807) is 0 Å². The van der Waals surface area contributed by atoms with Crippen LogP contribution in [0.1, 0.15) is 40.0 Å². The molecule has 3 heteroatoms. The van der Waals surface area contributed by atoms with E-state index in [1.807, 2.05) is 24.4 Å². The van der Waals surface area contributed by atoms with Crippen LogP contribution >= 0.6 is 0 Å². The summed E-state index contributed by atoms with van der Waals surface area (Å²) in [6.45, 7) is 7.52. The van der Waals surface area contributed by atoms with Gasteiger partial charge in [-0.3, -0.25) is 4.98 Å². The smallest absolute Gasteiger partial charge is 0.146 e. The van der Waals surface area contributed by atoms with Crippen LogP contribution in [0.5, 0.6) is 5.75 Å². The minimum atomic E-state index is 0.178. The van der Waals surface area contributed by atoms with E-state index >= 15 is 0 Å². The van der Waals surface area contributed by atoms with E-state index in [0.717, 1.165) is 42.5 Å². The number of hydrogen-bond acceptors (Lipinski definition) is 3. The molecular formula is C18H26N2O. The quantitative estimate of drug-likeness (QED) is 0.791. The molecule has 0 fully saturated rings. The van der Waals surface area contributed by atoms with Crippen LogP contribution in [0.15, 0.2) is 36.5 Å². The number of ether oxygens (including phenoxy) is 1. The van der Waals surface area contributed by atoms with Crippen molar-refractivity contribution in [2.45, 2.75) is 52.2 Å². The van der Waals surface area contributed by atoms with Gasteiger partial charge in [0.2, 0.25) is 0 Å². The third-order valence-electron chi connectivity index (χ3n) is 3.79. The summed E-state index contributed by atoms with van der Waals surface area (Å²) in [7, 11) is 0. The van der Waals surface area contributed by atoms with Crippen LogP contribution in [0.3, 0.4) is 0 Å². The first-order chi connectivity index (χ1) is 10.3. The Labute approximate surface area is 127 Å². The molecule has 1 N–H and O–H groups in total. The van der Waals surface area contributed by atoms with E-state index in [-0.39, 0.29) is 6.10 Å². The van der Waals surface area contributed by atoms with E-state index in [1.165, 1.54) is 0 Å². The Morgan fingerprint density at radius 3 is 2.67 bits per heavy atom. The molecule has 0 aliphatic rings. The molecule has 0 saturated carbocycles. The van der Waals surface area contributed by atoms with Crippen LogP contribution in [0.2, 0.25) is 0 Å². The molecule has 21 heavy (non-hydrogen) atoms. The van der Waals surface area contributed by atoms with E-state index < -0.39 is 0 Å². The maximum absolute atomic E-state index is 6.32. The van der Waals surface area contributed by atoms with Gasteiger partial charge >= 0.3 is 0 Å². The van der Waals surface area contributed by atoms with Crippen molar-refractivity contribution in [2.75, 3.05) is 6.54 Å². The predicted molar refractivity (Wildman–Crippen MR) is 88.8 cm³/mol. The Morgan fingerprint density at radius 2 is 1.95 bits per heavy atom. The zero-order valence-electron chi connectivity index (χ0n) is 13.3. The fourth-order valence-electron chi connectivity index (χ4n) is 2.78. The van der Waals surface area contributed by atoms with Gasteiger partial charge in [-0.2, -0.15) is 0 Å². The first kappa shape index (κ1) is 15.8. The van der Waals surface area contributed by atoms with Crippen LogP contribution in [0, 0.1) is 0 Å². The Kier molecular flexibility index (Phi) is 6.00. The molecule has 0 saturated heterocycles. The molecule has 114 valence electrons. The van der Waals surface area contributed by atoms with Crippen molar-refractivity contribution in [3.8, 4) is 5.75 Å². The third kappa shape index (κ3) is 3.94. The zero-order valence-corrected chi connectivity index (χ0v) is 13.3. The molecule has 0 radical (unpaired) electrons. The topological polar surface area (TPSA) is 34.1 Å². The summed E-state index contributed by atoms with van der Waals surface area (Å²) in [5.74, 6) is 0.888. The lowest BCUT2D eigenvalue weighted by atomic mass is 10.0. The molecule has 3 nitrogen and oxygen atoms in total. The van der Waals surface area contributed by atoms with Gasteiger partial charge in [0.05, 0.1) is 0 Å². The number of nitrogens with zero attached hydrogens (tertiary/aromatic N) is 1. The van der Waals surface area contributed by atoms with Gasteiger partial charge in [0, 0.05) is 17.6 Å². The number of rotatable bonds is 8. The van der Waals surface area contributed by atoms with Crippen molar-refractivity contribution in [1.82, 2.24) is 10.3 Å². The van der Waals surface area contributed by atoms with Crippen LogP contribution < -0.4 is 10.1 Å². The number of likely N-dealkylation sites (N-methyl/N-ethyl adjacent to an activating group) is 1. The highest BCUT2D eigenvalue weighted by molar-refractivity contribution is 5.84. The Bertz CT molecular complexity index is 544. The monoisotopic (exact) mass is 286 g/mol. The first-order valence-electron chi connectivity index (χ1n) is 8.03. The van der Waals surface area contributed by atoms with Crippen molar-refractivity contribution in [2.24, 2.45) is 0 Å². The average molecular weight is 286 g/mol. The number of aromatic nitrogens is 1. The van der Waals surface area contributed by atoms with Gasteiger partial charge in [-0.25, -0.2) is 0 Å². The number of nitrogens with one attached hydrogen (secondary N) is 1. The Morgan fingerprint density at radius 1 is 1.14 bits per heavy atom. The molecule has 2 unspecified atom stereocenters. The minimum Gasteiger partial charge on any atom is -0.487 e. The summed E-state index contributed by atoms with van der Waals surface area (Å²) in [5, 5.41) is 4.68. The fourth-order valence-corrected chi connectivity index (χ4v) is 2.78. The van der Waals surface area contributed by atoms with Gasteiger partial charge in [-0.15, -0.1) is 0 Å². The van der Waals surface area contributed by atoms with Crippen molar-refractivity contribution < 1.29 is 4.74 Å². The van der Waals surface area contributed by atoms with E-state index in [9.17, 15) is 0 Å². The number of pyridine rings is 1. The molecule has 0 aliphatic carbocycles. The maximum Gasteiger partial charge on any atom is 0.146 e. The van der Waals surface area contributed by atoms with Crippen molar-refractivity contribution in [3.05, 3.63) is 36.5 Å². The average Bonchev–Trinajstić information content (AvgIpc) is 2.52. The van der Waals surface area contributed by atoms with E-state index in [4.69, 9.17) is 4.74 Å². The first-order valence-corrected chi connectivity index (χ1v) is 8.03. The second-order valence-corrected chi connectivity index (χ2v) is 5.35. The summed E-state index contributed by atoms with van der Waals surface area (Å²) in [6, 6.07) is 10.6. The summed E-state index contributed by atoms with van der Waals surface area (Å²) in [6.07, 6.45) is 5.28. The van der Waals surface area contributed by atoms with E-state index in [0.29, 0.717) is 6.04 Å². The fraction of sp³-hybridized carbons (Fsp3) is 0.500. The molecule has 1 heterocycles. The Hall–Kier alpha value is -1.61. The van der Waals surface area contributed by atoms with Crippen molar-refractivity contribution in [3.63, 3.8) is 0 Å². The molecule has 2 rings (SSSR count). The molecule has 1 aromatic carbocycles. The minimum absolute atomic E-state index is 0.178. The summed E-state index contributed by atoms with van der Waals surface area (Å²) in [4.78, 5) is 4.47. The lowest BCUT2D eigenvalue weighted by Gasteiger charge is -2.28. The molecule has 0 spiro atoms. The van der Waals surface area contributed by atoms with Crippen LogP contribution in [0.4, 0.5) is 0 Å². The SMILES string of the molecule is CCCC(NCC)C(CC)Oc1cccc2cccnc12. The van der Waals surface area contributed by atoms with Gasteiger partial charge in [0.15, 0.2) is 0 Å². The number of hydrogen-bond donors (Lipinski definition) is 1. The van der Waals surface area contributed by atoms with Gasteiger partial charge in [-0.05, 0) is 31.5 Å². The van der Waals surface area contributed by atoms with Crippen molar-refractivity contribution >= 4 is 10.9 Å². The predicted octanol–water partition coefficient (Wildman–Crippen LogP) is 4.17. The summed E-state index contributed by atoms with van der Waals surface area (Å²) < 4.78 is 6.32. The van der Waals surface area contributed by atoms with Gasteiger partial charge < -0.3 is 10.1 Å². The lowest BCUT2D eigenvalue weighted by molar-refractivity contribution is 0.145. The number of para-hydroxylation sites is 1. The lowest BCUT2D eigenvalue weighted by Crippen LogP contribution is -2.42.